The Balaban J connectivity index is 1.32. The first-order valence-electron chi connectivity index (χ1n) is 15.7. The van der Waals surface area contributed by atoms with Crippen LogP contribution in [0.15, 0.2) is 48.6 Å². The zero-order valence-corrected chi connectivity index (χ0v) is 26.6. The maximum atomic E-state index is 12.8. The molecule has 2 atom stereocenters. The van der Waals surface area contributed by atoms with Crippen LogP contribution in [0.3, 0.4) is 0 Å². The number of piperazine rings is 1. The van der Waals surface area contributed by atoms with E-state index >= 15 is 0 Å². The molecule has 0 spiro atoms. The van der Waals surface area contributed by atoms with Crippen LogP contribution >= 0.6 is 11.6 Å². The summed E-state index contributed by atoms with van der Waals surface area (Å²) in [4.78, 5) is 35.0. The number of allylic oxidation sites excluding steroid dienone is 1. The Kier molecular flexibility index (Phi) is 9.38. The van der Waals surface area contributed by atoms with E-state index in [2.05, 4.69) is 57.7 Å². The molecule has 2 saturated heterocycles. The van der Waals surface area contributed by atoms with Crippen LogP contribution in [0.2, 0.25) is 5.02 Å². The Hall–Kier alpha value is -3.94. The Morgan fingerprint density at radius 1 is 1.13 bits per heavy atom. The van der Waals surface area contributed by atoms with Gasteiger partial charge in [0.25, 0.3) is 0 Å². The minimum absolute atomic E-state index is 0.157. The molecule has 4 heterocycles. The predicted molar refractivity (Wildman–Crippen MR) is 176 cm³/mol. The Labute approximate surface area is 269 Å². The van der Waals surface area contributed by atoms with Crippen LogP contribution in [0.25, 0.3) is 15.6 Å². The molecular weight excluding hydrogens is 593 g/mol. The van der Waals surface area contributed by atoms with Crippen molar-refractivity contribution in [1.82, 2.24) is 19.8 Å². The van der Waals surface area contributed by atoms with Gasteiger partial charge in [0.2, 0.25) is 12.5 Å². The van der Waals surface area contributed by atoms with Gasteiger partial charge in [-0.1, -0.05) is 35.9 Å². The number of amides is 1. The lowest BCUT2D eigenvalue weighted by molar-refractivity contribution is -0.128. The van der Waals surface area contributed by atoms with Crippen molar-refractivity contribution in [3.05, 3.63) is 76.2 Å². The van der Waals surface area contributed by atoms with Crippen molar-refractivity contribution < 1.29 is 13.9 Å². The highest BCUT2D eigenvalue weighted by atomic mass is 35.5. The number of nitrogens with zero attached hydrogens (tertiary/aromatic N) is 7. The molecule has 9 nitrogen and oxygen atoms in total. The van der Waals surface area contributed by atoms with Crippen LogP contribution in [0.4, 0.5) is 15.9 Å². The standard InChI is InChI=1S/C34H39ClFN7O2/c1-23(2)42-16-12-25(42)22-45-34-38-29-21-40(30-10-5-8-24-7-4-9-28(35)32(24)30)15-13-27(29)33(39-34)41-17-18-43(26(20-41)19-37-3)31(44)11-6-14-36/h4-11,23,25-26H,12-22H2,1-2H3/b11-6+/t25?,26-/m0/s1. The summed E-state index contributed by atoms with van der Waals surface area (Å²) >= 11 is 6.70. The maximum absolute atomic E-state index is 12.8. The summed E-state index contributed by atoms with van der Waals surface area (Å²) in [6.07, 6.45) is 4.28. The molecule has 1 amide bonds. The van der Waals surface area contributed by atoms with Gasteiger partial charge in [-0.2, -0.15) is 9.97 Å². The molecule has 0 saturated carbocycles. The van der Waals surface area contributed by atoms with Crippen molar-refractivity contribution in [3.8, 4) is 6.01 Å². The van der Waals surface area contributed by atoms with Crippen molar-refractivity contribution in [2.75, 3.05) is 62.3 Å². The number of aromatic nitrogens is 2. The SMILES string of the molecule is [C-]#[N+]C[C@H]1CN(c2nc(OCC3CCN3C(C)C)nc3c2CCN(c2cccc4cccc(Cl)c24)C3)CCN1C(=O)/C=C/CF. The van der Waals surface area contributed by atoms with Crippen molar-refractivity contribution in [3.63, 3.8) is 0 Å². The fraction of sp³-hybridized carbons (Fsp3) is 0.471. The molecule has 0 N–H and O–H groups in total. The third-order valence-corrected chi connectivity index (χ3v) is 9.48. The number of rotatable bonds is 9. The lowest BCUT2D eigenvalue weighted by Crippen LogP contribution is -2.56. The zero-order valence-electron chi connectivity index (χ0n) is 25.8. The van der Waals surface area contributed by atoms with Crippen LogP contribution in [0, 0.1) is 6.57 Å². The number of alkyl halides is 1. The van der Waals surface area contributed by atoms with Crippen molar-refractivity contribution in [2.24, 2.45) is 0 Å². The Bertz CT molecular complexity index is 1620. The molecular formula is C34H39ClFN7O2. The number of likely N-dealkylation sites (tertiary alicyclic amines) is 1. The smallest absolute Gasteiger partial charge is 0.318 e. The second-order valence-corrected chi connectivity index (χ2v) is 12.6. The topological polar surface area (TPSA) is 69.4 Å². The summed E-state index contributed by atoms with van der Waals surface area (Å²) in [5, 5.41) is 2.84. The number of halogens is 2. The number of carbonyl (C=O) groups is 1. The summed E-state index contributed by atoms with van der Waals surface area (Å²) in [6.45, 7) is 15.7. The molecule has 2 fully saturated rings. The van der Waals surface area contributed by atoms with Gasteiger partial charge in [0, 0.05) is 67.5 Å². The summed E-state index contributed by atoms with van der Waals surface area (Å²) in [5.41, 5.74) is 3.04. The summed E-state index contributed by atoms with van der Waals surface area (Å²) in [5.74, 6) is 0.538. The number of carbonyl (C=O) groups excluding carboxylic acids is 1. The van der Waals surface area contributed by atoms with Crippen LogP contribution < -0.4 is 14.5 Å². The van der Waals surface area contributed by atoms with E-state index in [1.165, 1.54) is 12.2 Å². The molecule has 1 unspecified atom stereocenters. The molecule has 0 bridgehead atoms. The first kappa shape index (κ1) is 31.1. The number of hydrogen-bond donors (Lipinski definition) is 0. The lowest BCUT2D eigenvalue weighted by atomic mass is 10.0. The minimum Gasteiger partial charge on any atom is -0.462 e. The van der Waals surface area contributed by atoms with E-state index in [0.717, 1.165) is 64.5 Å². The molecule has 2 aromatic carbocycles. The van der Waals surface area contributed by atoms with E-state index in [0.29, 0.717) is 50.9 Å². The van der Waals surface area contributed by atoms with E-state index < -0.39 is 6.67 Å². The normalized spacial score (nSPS) is 20.4. The van der Waals surface area contributed by atoms with E-state index in [4.69, 9.17) is 32.9 Å². The van der Waals surface area contributed by atoms with E-state index in [9.17, 15) is 9.18 Å². The van der Waals surface area contributed by atoms with Gasteiger partial charge in [0.1, 0.15) is 25.1 Å². The molecule has 45 heavy (non-hydrogen) atoms. The monoisotopic (exact) mass is 631 g/mol. The average molecular weight is 632 g/mol. The van der Waals surface area contributed by atoms with Crippen LogP contribution in [-0.4, -0.2) is 96.4 Å². The Morgan fingerprint density at radius 3 is 2.69 bits per heavy atom. The molecule has 236 valence electrons. The number of fused-ring (bicyclic) bond motifs is 2. The highest BCUT2D eigenvalue weighted by Crippen LogP contribution is 2.37. The van der Waals surface area contributed by atoms with Crippen molar-refractivity contribution in [1.29, 1.82) is 0 Å². The first-order chi connectivity index (χ1) is 21.9. The summed E-state index contributed by atoms with van der Waals surface area (Å²) in [7, 11) is 0. The third-order valence-electron chi connectivity index (χ3n) is 9.17. The molecule has 3 aliphatic rings. The highest BCUT2D eigenvalue weighted by Gasteiger charge is 2.36. The molecule has 3 aliphatic heterocycles. The van der Waals surface area contributed by atoms with E-state index in [-0.39, 0.29) is 18.5 Å². The van der Waals surface area contributed by atoms with Gasteiger partial charge in [-0.25, -0.2) is 11.0 Å². The zero-order chi connectivity index (χ0) is 31.5. The lowest BCUT2D eigenvalue weighted by Gasteiger charge is -2.43. The summed E-state index contributed by atoms with van der Waals surface area (Å²) in [6, 6.07) is 13.0. The van der Waals surface area contributed by atoms with Gasteiger partial charge in [0.15, 0.2) is 0 Å². The number of hydrogen-bond acceptors (Lipinski definition) is 7. The van der Waals surface area contributed by atoms with Crippen LogP contribution in [-0.2, 0) is 17.8 Å². The second kappa shape index (κ2) is 13.6. The first-order valence-corrected chi connectivity index (χ1v) is 16.1. The Morgan fingerprint density at radius 2 is 1.96 bits per heavy atom. The average Bonchev–Trinajstić information content (AvgIpc) is 3.02. The van der Waals surface area contributed by atoms with Crippen molar-refractivity contribution in [2.45, 2.75) is 51.4 Å². The minimum atomic E-state index is -0.702. The van der Waals surface area contributed by atoms with Gasteiger partial charge in [-0.05, 0) is 50.3 Å². The summed E-state index contributed by atoms with van der Waals surface area (Å²) < 4.78 is 19.0. The predicted octanol–water partition coefficient (Wildman–Crippen LogP) is 5.17. The molecule has 1 aromatic heterocycles. The van der Waals surface area contributed by atoms with Crippen molar-refractivity contribution >= 4 is 39.8 Å². The fourth-order valence-electron chi connectivity index (χ4n) is 6.79. The largest absolute Gasteiger partial charge is 0.462 e. The number of ether oxygens (including phenoxy) is 1. The third kappa shape index (κ3) is 6.42. The van der Waals surface area contributed by atoms with Gasteiger partial charge in [-0.3, -0.25) is 9.69 Å². The molecule has 0 radical (unpaired) electrons. The molecule has 3 aromatic rings. The van der Waals surface area contributed by atoms with Gasteiger partial charge >= 0.3 is 6.01 Å². The van der Waals surface area contributed by atoms with E-state index in [1.807, 2.05) is 12.1 Å². The van der Waals surface area contributed by atoms with Gasteiger partial charge in [-0.15, -0.1) is 0 Å². The van der Waals surface area contributed by atoms with Gasteiger partial charge in [0.05, 0.1) is 17.3 Å². The number of anilines is 2. The molecule has 6 rings (SSSR count). The highest BCUT2D eigenvalue weighted by molar-refractivity contribution is 6.36. The quantitative estimate of drug-likeness (QED) is 0.238. The maximum Gasteiger partial charge on any atom is 0.318 e. The fourth-order valence-corrected chi connectivity index (χ4v) is 7.07. The van der Waals surface area contributed by atoms with E-state index in [1.54, 1.807) is 4.90 Å². The molecule has 0 aliphatic carbocycles. The number of benzene rings is 2. The molecule has 11 heteroatoms. The second-order valence-electron chi connectivity index (χ2n) is 12.2. The van der Waals surface area contributed by atoms with Crippen LogP contribution in [0.1, 0.15) is 31.5 Å². The van der Waals surface area contributed by atoms with Gasteiger partial charge < -0.3 is 24.3 Å². The van der Waals surface area contributed by atoms with Crippen LogP contribution in [0.5, 0.6) is 6.01 Å².